The van der Waals surface area contributed by atoms with Crippen molar-refractivity contribution in [3.63, 3.8) is 0 Å². The third kappa shape index (κ3) is 4.48. The zero-order chi connectivity index (χ0) is 15.2. The second-order valence-corrected chi connectivity index (χ2v) is 6.03. The minimum absolute atomic E-state index is 0.0845. The standard InChI is InChI=1S/C17H20FNOS/c1-3-13(19)9-12-7-8-17(16(18)10-12)21-15-6-4-5-14(11-15)20-2/h4-8,10-11,13H,3,9,19H2,1-2H3. The van der Waals surface area contributed by atoms with E-state index in [0.717, 1.165) is 22.6 Å². The molecule has 2 N–H and O–H groups in total. The molecule has 0 aliphatic carbocycles. The number of hydrogen-bond donors (Lipinski definition) is 1. The molecule has 0 bridgehead atoms. The molecule has 4 heteroatoms. The number of hydrogen-bond acceptors (Lipinski definition) is 3. The Morgan fingerprint density at radius 1 is 1.24 bits per heavy atom. The van der Waals surface area contributed by atoms with Crippen LogP contribution in [-0.4, -0.2) is 13.2 Å². The normalized spacial score (nSPS) is 12.2. The van der Waals surface area contributed by atoms with Gasteiger partial charge in [-0.15, -0.1) is 0 Å². The van der Waals surface area contributed by atoms with Gasteiger partial charge in [0, 0.05) is 15.8 Å². The van der Waals surface area contributed by atoms with Crippen molar-refractivity contribution in [3.05, 3.63) is 53.8 Å². The second kappa shape index (κ2) is 7.48. The van der Waals surface area contributed by atoms with Crippen LogP contribution in [0.4, 0.5) is 4.39 Å². The smallest absolute Gasteiger partial charge is 0.137 e. The average molecular weight is 305 g/mol. The van der Waals surface area contributed by atoms with Crippen molar-refractivity contribution in [1.29, 1.82) is 0 Å². The molecule has 1 unspecified atom stereocenters. The van der Waals surface area contributed by atoms with Gasteiger partial charge in [0.2, 0.25) is 0 Å². The third-order valence-electron chi connectivity index (χ3n) is 3.29. The van der Waals surface area contributed by atoms with Gasteiger partial charge in [-0.25, -0.2) is 4.39 Å². The van der Waals surface area contributed by atoms with Crippen LogP contribution in [0.5, 0.6) is 5.75 Å². The highest BCUT2D eigenvalue weighted by Crippen LogP contribution is 2.32. The lowest BCUT2D eigenvalue weighted by atomic mass is 10.0. The molecule has 0 radical (unpaired) electrons. The summed E-state index contributed by atoms with van der Waals surface area (Å²) in [6.45, 7) is 2.04. The summed E-state index contributed by atoms with van der Waals surface area (Å²) in [4.78, 5) is 1.56. The van der Waals surface area contributed by atoms with Crippen LogP contribution in [0.25, 0.3) is 0 Å². The maximum atomic E-state index is 14.2. The maximum absolute atomic E-state index is 14.2. The molecule has 0 aromatic heterocycles. The molecule has 21 heavy (non-hydrogen) atoms. The van der Waals surface area contributed by atoms with Gasteiger partial charge in [-0.1, -0.05) is 30.8 Å². The van der Waals surface area contributed by atoms with E-state index in [1.54, 1.807) is 13.2 Å². The average Bonchev–Trinajstić information content (AvgIpc) is 2.50. The quantitative estimate of drug-likeness (QED) is 0.866. The summed E-state index contributed by atoms with van der Waals surface area (Å²) in [6.07, 6.45) is 1.60. The van der Waals surface area contributed by atoms with E-state index in [-0.39, 0.29) is 11.9 Å². The van der Waals surface area contributed by atoms with E-state index in [2.05, 4.69) is 0 Å². The first-order chi connectivity index (χ1) is 10.1. The van der Waals surface area contributed by atoms with Crippen LogP contribution >= 0.6 is 11.8 Å². The SMILES string of the molecule is CCC(N)Cc1ccc(Sc2cccc(OC)c2)c(F)c1. The molecule has 0 amide bonds. The summed E-state index contributed by atoms with van der Waals surface area (Å²) in [5, 5.41) is 0. The predicted molar refractivity (Wildman–Crippen MR) is 85.5 cm³/mol. The molecule has 112 valence electrons. The first-order valence-corrected chi connectivity index (χ1v) is 7.80. The summed E-state index contributed by atoms with van der Waals surface area (Å²) in [6, 6.07) is 13.0. The highest BCUT2D eigenvalue weighted by molar-refractivity contribution is 7.99. The van der Waals surface area contributed by atoms with E-state index in [1.165, 1.54) is 11.8 Å². The molecule has 0 saturated heterocycles. The van der Waals surface area contributed by atoms with E-state index in [0.29, 0.717) is 11.3 Å². The number of methoxy groups -OCH3 is 1. The van der Waals surface area contributed by atoms with Crippen LogP contribution in [0.1, 0.15) is 18.9 Å². The first kappa shape index (κ1) is 15.9. The van der Waals surface area contributed by atoms with Gasteiger partial charge in [-0.05, 0) is 48.7 Å². The molecule has 0 heterocycles. The maximum Gasteiger partial charge on any atom is 0.137 e. The Hall–Kier alpha value is -1.52. The third-order valence-corrected chi connectivity index (χ3v) is 4.33. The summed E-state index contributed by atoms with van der Waals surface area (Å²) >= 11 is 1.39. The summed E-state index contributed by atoms with van der Waals surface area (Å²) in [5.41, 5.74) is 6.85. The molecule has 0 saturated carbocycles. The van der Waals surface area contributed by atoms with Gasteiger partial charge in [-0.2, -0.15) is 0 Å². The monoisotopic (exact) mass is 305 g/mol. The molecule has 2 aromatic carbocycles. The Morgan fingerprint density at radius 3 is 2.71 bits per heavy atom. The molecule has 2 rings (SSSR count). The molecule has 0 spiro atoms. The molecule has 0 fully saturated rings. The van der Waals surface area contributed by atoms with Gasteiger partial charge >= 0.3 is 0 Å². The van der Waals surface area contributed by atoms with Crippen molar-refractivity contribution in [2.24, 2.45) is 5.73 Å². The highest BCUT2D eigenvalue weighted by Gasteiger charge is 2.08. The van der Waals surface area contributed by atoms with Crippen molar-refractivity contribution in [3.8, 4) is 5.75 Å². The Morgan fingerprint density at radius 2 is 2.05 bits per heavy atom. The van der Waals surface area contributed by atoms with Crippen LogP contribution in [0.3, 0.4) is 0 Å². The lowest BCUT2D eigenvalue weighted by Gasteiger charge is -2.10. The van der Waals surface area contributed by atoms with Crippen molar-refractivity contribution >= 4 is 11.8 Å². The van der Waals surface area contributed by atoms with E-state index in [4.69, 9.17) is 10.5 Å². The van der Waals surface area contributed by atoms with Crippen molar-refractivity contribution in [2.75, 3.05) is 7.11 Å². The van der Waals surface area contributed by atoms with Gasteiger partial charge in [0.15, 0.2) is 0 Å². The van der Waals surface area contributed by atoms with Crippen LogP contribution in [-0.2, 0) is 6.42 Å². The Bertz CT molecular complexity index is 603. The fourth-order valence-corrected chi connectivity index (χ4v) is 2.86. The van der Waals surface area contributed by atoms with E-state index < -0.39 is 0 Å². The van der Waals surface area contributed by atoms with E-state index >= 15 is 0 Å². The van der Waals surface area contributed by atoms with Gasteiger partial charge in [0.1, 0.15) is 11.6 Å². The molecule has 1 atom stereocenters. The molecular weight excluding hydrogens is 285 g/mol. The predicted octanol–water partition coefficient (Wildman–Crippen LogP) is 4.27. The number of nitrogens with two attached hydrogens (primary N) is 1. The van der Waals surface area contributed by atoms with Gasteiger partial charge in [0.05, 0.1) is 7.11 Å². The van der Waals surface area contributed by atoms with Crippen molar-refractivity contribution in [2.45, 2.75) is 35.6 Å². The number of ether oxygens (including phenoxy) is 1. The number of halogens is 1. The Labute approximate surface area is 129 Å². The van der Waals surface area contributed by atoms with E-state index in [1.807, 2.05) is 43.3 Å². The number of benzene rings is 2. The van der Waals surface area contributed by atoms with Gasteiger partial charge in [-0.3, -0.25) is 0 Å². The van der Waals surface area contributed by atoms with Crippen LogP contribution in [0.15, 0.2) is 52.3 Å². The molecule has 2 aromatic rings. The van der Waals surface area contributed by atoms with Crippen molar-refractivity contribution in [1.82, 2.24) is 0 Å². The topological polar surface area (TPSA) is 35.2 Å². The fraction of sp³-hybridized carbons (Fsp3) is 0.294. The number of rotatable bonds is 6. The van der Waals surface area contributed by atoms with Gasteiger partial charge < -0.3 is 10.5 Å². The zero-order valence-electron chi connectivity index (χ0n) is 12.3. The van der Waals surface area contributed by atoms with E-state index in [9.17, 15) is 4.39 Å². The largest absolute Gasteiger partial charge is 0.497 e. The fourth-order valence-electron chi connectivity index (χ4n) is 1.99. The summed E-state index contributed by atoms with van der Waals surface area (Å²) < 4.78 is 19.4. The van der Waals surface area contributed by atoms with Gasteiger partial charge in [0.25, 0.3) is 0 Å². The second-order valence-electron chi connectivity index (χ2n) is 4.92. The molecule has 0 aliphatic heterocycles. The minimum Gasteiger partial charge on any atom is -0.497 e. The molecule has 2 nitrogen and oxygen atoms in total. The Kier molecular flexibility index (Phi) is 5.65. The lowest BCUT2D eigenvalue weighted by Crippen LogP contribution is -2.21. The van der Waals surface area contributed by atoms with Crippen LogP contribution in [0.2, 0.25) is 0 Å². The summed E-state index contributed by atoms with van der Waals surface area (Å²) in [5.74, 6) is 0.564. The van der Waals surface area contributed by atoms with Crippen molar-refractivity contribution < 1.29 is 9.13 Å². The molecule has 0 aliphatic rings. The van der Waals surface area contributed by atoms with Crippen LogP contribution in [0, 0.1) is 5.82 Å². The van der Waals surface area contributed by atoms with Crippen LogP contribution < -0.4 is 10.5 Å². The first-order valence-electron chi connectivity index (χ1n) is 6.98. The Balaban J connectivity index is 2.13. The zero-order valence-corrected chi connectivity index (χ0v) is 13.1. The molecular formula is C17H20FNOS. The minimum atomic E-state index is -0.205. The highest BCUT2D eigenvalue weighted by atomic mass is 32.2. The lowest BCUT2D eigenvalue weighted by molar-refractivity contribution is 0.413. The summed E-state index contributed by atoms with van der Waals surface area (Å²) in [7, 11) is 1.62.